The SMILES string of the molecule is CC(C)(C)C(CCC[C@H](OC(N)=O)C(=O)Nc1ccccc1C#Cc1c(F)c(F)nc(F)c1F)(OC(N)=O)C(C)(C)C. The highest BCUT2D eigenvalue weighted by Crippen LogP contribution is 2.50. The second kappa shape index (κ2) is 13.1. The summed E-state index contributed by atoms with van der Waals surface area (Å²) in [6, 6.07) is 5.78. The molecule has 0 spiro atoms. The average Bonchev–Trinajstić information content (AvgIpc) is 2.85. The van der Waals surface area contributed by atoms with E-state index in [0.29, 0.717) is 0 Å². The largest absolute Gasteiger partial charge is 0.442 e. The van der Waals surface area contributed by atoms with E-state index >= 15 is 0 Å². The number of hydrogen-bond donors (Lipinski definition) is 3. The Labute approximate surface area is 241 Å². The Morgan fingerprint density at radius 2 is 1.45 bits per heavy atom. The van der Waals surface area contributed by atoms with Crippen LogP contribution in [0.15, 0.2) is 24.3 Å². The molecule has 5 N–H and O–H groups in total. The van der Waals surface area contributed by atoms with Crippen LogP contribution in [0.2, 0.25) is 0 Å². The Kier molecular flexibility index (Phi) is 10.6. The number of amides is 3. The Morgan fingerprint density at radius 3 is 1.95 bits per heavy atom. The topological polar surface area (TPSA) is 147 Å². The van der Waals surface area contributed by atoms with Crippen LogP contribution < -0.4 is 16.8 Å². The molecule has 0 saturated carbocycles. The lowest BCUT2D eigenvalue weighted by Gasteiger charge is -2.52. The van der Waals surface area contributed by atoms with Crippen molar-refractivity contribution in [1.82, 2.24) is 4.98 Å². The number of anilines is 1. The molecular weight excluding hydrogens is 560 g/mol. The number of hydrogen-bond acceptors (Lipinski definition) is 6. The van der Waals surface area contributed by atoms with E-state index in [2.05, 4.69) is 16.2 Å². The predicted octanol–water partition coefficient (Wildman–Crippen LogP) is 5.54. The van der Waals surface area contributed by atoms with Crippen molar-refractivity contribution < 1.29 is 41.4 Å². The first kappa shape index (κ1) is 33.9. The minimum Gasteiger partial charge on any atom is -0.442 e. The van der Waals surface area contributed by atoms with E-state index in [1.165, 1.54) is 24.3 Å². The number of pyridine rings is 1. The fraction of sp³-hybridized carbons (Fsp3) is 0.448. The van der Waals surface area contributed by atoms with Crippen LogP contribution in [0, 0.1) is 46.2 Å². The number of carbonyl (C=O) groups is 3. The molecule has 1 atom stereocenters. The lowest BCUT2D eigenvalue weighted by atomic mass is 9.60. The van der Waals surface area contributed by atoms with Gasteiger partial charge in [0.15, 0.2) is 17.7 Å². The number of para-hydroxylation sites is 1. The maximum Gasteiger partial charge on any atom is 0.405 e. The number of aromatic nitrogens is 1. The van der Waals surface area contributed by atoms with Crippen molar-refractivity contribution in [2.24, 2.45) is 22.3 Å². The number of primary amides is 2. The van der Waals surface area contributed by atoms with Crippen LogP contribution in [0.25, 0.3) is 0 Å². The summed E-state index contributed by atoms with van der Waals surface area (Å²) >= 11 is 0. The van der Waals surface area contributed by atoms with Gasteiger partial charge >= 0.3 is 12.2 Å². The Morgan fingerprint density at radius 1 is 0.905 bits per heavy atom. The summed E-state index contributed by atoms with van der Waals surface area (Å²) in [6.45, 7) is 11.3. The van der Waals surface area contributed by atoms with E-state index in [9.17, 15) is 31.9 Å². The van der Waals surface area contributed by atoms with Crippen molar-refractivity contribution in [3.05, 3.63) is 58.9 Å². The minimum atomic E-state index is -1.87. The highest BCUT2D eigenvalue weighted by molar-refractivity contribution is 5.96. The molecule has 9 nitrogen and oxygen atoms in total. The van der Waals surface area contributed by atoms with Crippen LogP contribution in [-0.2, 0) is 14.3 Å². The fourth-order valence-electron chi connectivity index (χ4n) is 4.97. The van der Waals surface area contributed by atoms with Gasteiger partial charge in [0.1, 0.15) is 11.2 Å². The third-order valence-electron chi connectivity index (χ3n) is 6.75. The first-order valence-corrected chi connectivity index (χ1v) is 12.9. The molecule has 1 aromatic carbocycles. The summed E-state index contributed by atoms with van der Waals surface area (Å²) < 4.78 is 65.6. The molecule has 0 saturated heterocycles. The van der Waals surface area contributed by atoms with Gasteiger partial charge in [-0.2, -0.15) is 13.8 Å². The molecule has 228 valence electrons. The van der Waals surface area contributed by atoms with E-state index in [4.69, 9.17) is 20.9 Å². The average molecular weight is 595 g/mol. The van der Waals surface area contributed by atoms with Crippen molar-refractivity contribution in [2.75, 3.05) is 5.32 Å². The van der Waals surface area contributed by atoms with E-state index < -0.39 is 69.7 Å². The highest BCUT2D eigenvalue weighted by Gasteiger charge is 2.53. The maximum absolute atomic E-state index is 14.0. The van der Waals surface area contributed by atoms with Gasteiger partial charge in [-0.05, 0) is 31.4 Å². The second-order valence-electron chi connectivity index (χ2n) is 11.5. The first-order chi connectivity index (χ1) is 19.3. The van der Waals surface area contributed by atoms with Gasteiger partial charge in [-0.3, -0.25) is 4.79 Å². The van der Waals surface area contributed by atoms with E-state index in [1.54, 1.807) is 0 Å². The fourth-order valence-corrected chi connectivity index (χ4v) is 4.97. The molecule has 0 aliphatic heterocycles. The quantitative estimate of drug-likeness (QED) is 0.208. The van der Waals surface area contributed by atoms with Crippen LogP contribution in [-0.4, -0.2) is 34.8 Å². The molecule has 13 heteroatoms. The predicted molar refractivity (Wildman–Crippen MR) is 146 cm³/mol. The van der Waals surface area contributed by atoms with Gasteiger partial charge in [-0.1, -0.05) is 65.5 Å². The normalized spacial score (nSPS) is 12.5. The summed E-state index contributed by atoms with van der Waals surface area (Å²) in [7, 11) is 0. The smallest absolute Gasteiger partial charge is 0.405 e. The summed E-state index contributed by atoms with van der Waals surface area (Å²) in [6.07, 6.45) is -3.14. The van der Waals surface area contributed by atoms with Gasteiger partial charge in [0.25, 0.3) is 17.8 Å². The molecule has 0 aliphatic rings. The van der Waals surface area contributed by atoms with Crippen LogP contribution in [0.4, 0.5) is 32.8 Å². The third kappa shape index (κ3) is 7.90. The zero-order valence-electron chi connectivity index (χ0n) is 24.2. The molecule has 2 rings (SSSR count). The number of halogens is 4. The maximum atomic E-state index is 14.0. The van der Waals surface area contributed by atoms with Crippen LogP contribution >= 0.6 is 0 Å². The number of nitrogens with one attached hydrogen (secondary N) is 1. The second-order valence-corrected chi connectivity index (χ2v) is 11.5. The van der Waals surface area contributed by atoms with E-state index in [1.807, 2.05) is 47.5 Å². The molecule has 3 amide bonds. The van der Waals surface area contributed by atoms with Crippen molar-refractivity contribution in [3.8, 4) is 11.8 Å². The summed E-state index contributed by atoms with van der Waals surface area (Å²) in [4.78, 5) is 39.1. The van der Waals surface area contributed by atoms with Crippen molar-refractivity contribution >= 4 is 23.8 Å². The Hall–Kier alpha value is -4.34. The number of nitrogens with zero attached hydrogens (tertiary/aromatic N) is 1. The number of nitrogens with two attached hydrogens (primary N) is 2. The van der Waals surface area contributed by atoms with Gasteiger partial charge in [0.2, 0.25) is 0 Å². The lowest BCUT2D eigenvalue weighted by molar-refractivity contribution is -0.145. The standard InChI is InChI=1S/C29H34F4N4O5/c1-27(2,3)29(28(4,5)6,42-26(35)40)15-9-12-19(41-25(34)39)24(38)36-18-11-8-7-10-16(18)13-14-17-20(30)22(32)37-23(33)21(17)31/h7-8,10-11,19H,9,12,15H2,1-6H3,(H2,34,39)(H2,35,40)(H,36,38)/t19-/m0/s1. The van der Waals surface area contributed by atoms with Crippen LogP contribution in [0.3, 0.4) is 0 Å². The number of benzene rings is 1. The van der Waals surface area contributed by atoms with E-state index in [0.717, 1.165) is 0 Å². The molecule has 0 radical (unpaired) electrons. The summed E-state index contributed by atoms with van der Waals surface area (Å²) in [5, 5.41) is 2.52. The van der Waals surface area contributed by atoms with Crippen LogP contribution in [0.5, 0.6) is 0 Å². The van der Waals surface area contributed by atoms with Crippen molar-refractivity contribution in [3.63, 3.8) is 0 Å². The van der Waals surface area contributed by atoms with Gasteiger partial charge < -0.3 is 26.3 Å². The number of ether oxygens (including phenoxy) is 2. The first-order valence-electron chi connectivity index (χ1n) is 12.9. The van der Waals surface area contributed by atoms with Gasteiger partial charge in [0, 0.05) is 16.4 Å². The molecule has 0 aliphatic carbocycles. The zero-order valence-corrected chi connectivity index (χ0v) is 24.2. The zero-order chi connectivity index (χ0) is 32.0. The number of rotatable bonds is 8. The molecule has 0 unspecified atom stereocenters. The van der Waals surface area contributed by atoms with E-state index in [-0.39, 0.29) is 30.5 Å². The Balaban J connectivity index is 2.34. The molecule has 42 heavy (non-hydrogen) atoms. The Bertz CT molecular complexity index is 1370. The molecule has 1 aromatic heterocycles. The molecular formula is C29H34F4N4O5. The minimum absolute atomic E-state index is 0.0226. The summed E-state index contributed by atoms with van der Waals surface area (Å²) in [5.41, 5.74) is 7.24. The molecule has 1 heterocycles. The third-order valence-corrected chi connectivity index (χ3v) is 6.75. The van der Waals surface area contributed by atoms with Crippen molar-refractivity contribution in [2.45, 2.75) is 72.5 Å². The lowest BCUT2D eigenvalue weighted by Crippen LogP contribution is -2.57. The van der Waals surface area contributed by atoms with Gasteiger partial charge in [-0.15, -0.1) is 0 Å². The van der Waals surface area contributed by atoms with Crippen LogP contribution in [0.1, 0.15) is 71.9 Å². The molecule has 2 aromatic rings. The number of carbonyl (C=O) groups excluding carboxylic acids is 3. The van der Waals surface area contributed by atoms with Crippen molar-refractivity contribution in [1.29, 1.82) is 0 Å². The summed E-state index contributed by atoms with van der Waals surface area (Å²) in [5.74, 6) is -3.71. The highest BCUT2D eigenvalue weighted by atomic mass is 19.2. The van der Waals surface area contributed by atoms with Gasteiger partial charge in [-0.25, -0.2) is 18.4 Å². The molecule has 0 fully saturated rings. The van der Waals surface area contributed by atoms with Gasteiger partial charge in [0.05, 0.1) is 5.69 Å². The monoisotopic (exact) mass is 594 g/mol. The molecule has 0 bridgehead atoms.